The molecule has 2 aliphatic heterocycles. The van der Waals surface area contributed by atoms with Crippen molar-refractivity contribution in [1.29, 1.82) is 0 Å². The van der Waals surface area contributed by atoms with Crippen LogP contribution in [-0.4, -0.2) is 62.0 Å². The zero-order valence-corrected chi connectivity index (χ0v) is 19.6. The van der Waals surface area contributed by atoms with Gasteiger partial charge in [0, 0.05) is 43.3 Å². The summed E-state index contributed by atoms with van der Waals surface area (Å²) in [6.07, 6.45) is 4.30. The average molecular weight is 487 g/mol. The molecule has 0 radical (unpaired) electrons. The Morgan fingerprint density at radius 2 is 2.03 bits per heavy atom. The molecule has 2 aromatic heterocycles. The Hall–Kier alpha value is -2.97. The van der Waals surface area contributed by atoms with Gasteiger partial charge in [-0.05, 0) is 61.2 Å². The number of nitrogens with zero attached hydrogens (tertiary/aromatic N) is 4. The van der Waals surface area contributed by atoms with Crippen molar-refractivity contribution in [2.75, 3.05) is 19.6 Å². The van der Waals surface area contributed by atoms with E-state index in [0.29, 0.717) is 39.0 Å². The van der Waals surface area contributed by atoms with Crippen LogP contribution < -0.4 is 0 Å². The fraction of sp³-hybridized carbons (Fsp3) is 0.400. The van der Waals surface area contributed by atoms with Gasteiger partial charge in [-0.1, -0.05) is 12.1 Å². The Kier molecular flexibility index (Phi) is 7.19. The number of hydrogen-bond acceptors (Lipinski definition) is 4. The molecule has 180 valence electrons. The SMILES string of the molecule is Cl.O=C(O)[C@H]1CCCN1CCC(=O)N1CCc2c(n(Cc3cccc(F)c3)c3ncccc23)C1. The molecule has 1 saturated heterocycles. The maximum atomic E-state index is 13.8. The number of rotatable bonds is 6. The van der Waals surface area contributed by atoms with Gasteiger partial charge in [0.1, 0.15) is 17.5 Å². The third-order valence-corrected chi connectivity index (χ3v) is 6.86. The lowest BCUT2D eigenvalue weighted by Crippen LogP contribution is -2.41. The van der Waals surface area contributed by atoms with Crippen LogP contribution in [0.5, 0.6) is 0 Å². The first kappa shape index (κ1) is 24.2. The number of hydrogen-bond donors (Lipinski definition) is 1. The number of carbonyl (C=O) groups excluding carboxylic acids is 1. The highest BCUT2D eigenvalue weighted by atomic mass is 35.5. The van der Waals surface area contributed by atoms with Gasteiger partial charge in [0.25, 0.3) is 0 Å². The molecule has 1 fully saturated rings. The van der Waals surface area contributed by atoms with E-state index in [2.05, 4.69) is 15.6 Å². The molecule has 5 rings (SSSR count). The number of carboxylic acids is 1. The number of carboxylic acid groups (broad SMARTS) is 1. The largest absolute Gasteiger partial charge is 0.480 e. The molecule has 3 aromatic rings. The second-order valence-corrected chi connectivity index (χ2v) is 8.86. The summed E-state index contributed by atoms with van der Waals surface area (Å²) in [6, 6.07) is 10.1. The summed E-state index contributed by atoms with van der Waals surface area (Å²) >= 11 is 0. The Bertz CT molecular complexity index is 1210. The lowest BCUT2D eigenvalue weighted by molar-refractivity contribution is -0.143. The summed E-state index contributed by atoms with van der Waals surface area (Å²) in [6.45, 7) is 2.77. The summed E-state index contributed by atoms with van der Waals surface area (Å²) in [5, 5.41) is 10.5. The standard InChI is InChI=1S/C25H27FN4O3.ClH/c26-18-5-1-4-17(14-18)15-30-22-16-29(12-8-19(22)20-6-2-10-27-24(20)30)23(31)9-13-28-11-3-7-21(28)25(32)33;/h1-2,4-6,10,14,21H,3,7-9,11-13,15-16H2,(H,32,33);1H/t21-;/m1./s1. The van der Waals surface area contributed by atoms with Gasteiger partial charge in [-0.25, -0.2) is 9.37 Å². The summed E-state index contributed by atoms with van der Waals surface area (Å²) in [5.41, 5.74) is 3.93. The van der Waals surface area contributed by atoms with E-state index in [9.17, 15) is 19.1 Å². The molecule has 2 aliphatic rings. The van der Waals surface area contributed by atoms with E-state index in [1.165, 1.54) is 17.7 Å². The van der Waals surface area contributed by atoms with Crippen LogP contribution in [0.1, 0.15) is 36.1 Å². The van der Waals surface area contributed by atoms with Crippen molar-refractivity contribution in [3.63, 3.8) is 0 Å². The fourth-order valence-corrected chi connectivity index (χ4v) is 5.23. The minimum Gasteiger partial charge on any atom is -0.480 e. The molecule has 1 aromatic carbocycles. The van der Waals surface area contributed by atoms with E-state index in [1.807, 2.05) is 21.9 Å². The van der Waals surface area contributed by atoms with Crippen LogP contribution in [0.3, 0.4) is 0 Å². The molecule has 0 aliphatic carbocycles. The highest BCUT2D eigenvalue weighted by Gasteiger charge is 2.32. The first-order chi connectivity index (χ1) is 16.0. The first-order valence-electron chi connectivity index (χ1n) is 11.5. The minimum atomic E-state index is -0.808. The van der Waals surface area contributed by atoms with E-state index in [0.717, 1.165) is 41.7 Å². The molecule has 0 bridgehead atoms. The predicted octanol–water partition coefficient (Wildman–Crippen LogP) is 3.47. The first-order valence-corrected chi connectivity index (χ1v) is 11.5. The molecular weight excluding hydrogens is 459 g/mol. The van der Waals surface area contributed by atoms with E-state index in [1.54, 1.807) is 12.3 Å². The maximum absolute atomic E-state index is 13.8. The molecule has 34 heavy (non-hydrogen) atoms. The highest BCUT2D eigenvalue weighted by Crippen LogP contribution is 2.31. The normalized spacial score (nSPS) is 18.0. The summed E-state index contributed by atoms with van der Waals surface area (Å²) < 4.78 is 15.9. The van der Waals surface area contributed by atoms with Crippen LogP contribution >= 0.6 is 12.4 Å². The van der Waals surface area contributed by atoms with E-state index in [4.69, 9.17) is 0 Å². The molecule has 7 nitrogen and oxygen atoms in total. The molecule has 4 heterocycles. The molecule has 0 unspecified atom stereocenters. The van der Waals surface area contributed by atoms with Crippen LogP contribution in [0.2, 0.25) is 0 Å². The fourth-order valence-electron chi connectivity index (χ4n) is 5.23. The second-order valence-electron chi connectivity index (χ2n) is 8.86. The Labute approximate surface area is 203 Å². The van der Waals surface area contributed by atoms with Gasteiger partial charge in [0.2, 0.25) is 5.91 Å². The van der Waals surface area contributed by atoms with Gasteiger partial charge in [0.05, 0.1) is 6.54 Å². The second kappa shape index (κ2) is 10.1. The molecule has 1 amide bonds. The smallest absolute Gasteiger partial charge is 0.320 e. The predicted molar refractivity (Wildman–Crippen MR) is 128 cm³/mol. The van der Waals surface area contributed by atoms with Crippen molar-refractivity contribution in [3.8, 4) is 0 Å². The molecule has 0 saturated carbocycles. The quantitative estimate of drug-likeness (QED) is 0.577. The van der Waals surface area contributed by atoms with Crippen LogP contribution in [-0.2, 0) is 29.1 Å². The van der Waals surface area contributed by atoms with Crippen molar-refractivity contribution in [2.24, 2.45) is 0 Å². The zero-order valence-electron chi connectivity index (χ0n) is 18.8. The van der Waals surface area contributed by atoms with Gasteiger partial charge < -0.3 is 14.6 Å². The summed E-state index contributed by atoms with van der Waals surface area (Å²) in [7, 11) is 0. The summed E-state index contributed by atoms with van der Waals surface area (Å²) in [4.78, 5) is 32.8. The Morgan fingerprint density at radius 3 is 2.82 bits per heavy atom. The zero-order chi connectivity index (χ0) is 22.9. The number of carbonyl (C=O) groups is 2. The van der Waals surface area contributed by atoms with Gasteiger partial charge in [-0.2, -0.15) is 0 Å². The van der Waals surface area contributed by atoms with Gasteiger partial charge >= 0.3 is 5.97 Å². The number of aromatic nitrogens is 2. The number of halogens is 2. The number of fused-ring (bicyclic) bond motifs is 3. The third kappa shape index (κ3) is 4.65. The van der Waals surface area contributed by atoms with E-state index in [-0.39, 0.29) is 24.1 Å². The van der Waals surface area contributed by atoms with E-state index < -0.39 is 12.0 Å². The molecule has 0 spiro atoms. The topological polar surface area (TPSA) is 78.7 Å². The lowest BCUT2D eigenvalue weighted by atomic mass is 10.0. The van der Waals surface area contributed by atoms with E-state index >= 15 is 0 Å². The van der Waals surface area contributed by atoms with Crippen LogP contribution in [0, 0.1) is 5.82 Å². The van der Waals surface area contributed by atoms with Crippen molar-refractivity contribution >= 4 is 35.3 Å². The monoisotopic (exact) mass is 486 g/mol. The third-order valence-electron chi connectivity index (χ3n) is 6.86. The van der Waals surface area contributed by atoms with Crippen molar-refractivity contribution in [1.82, 2.24) is 19.4 Å². The number of aliphatic carboxylic acids is 1. The van der Waals surface area contributed by atoms with Gasteiger partial charge in [0.15, 0.2) is 0 Å². The number of benzene rings is 1. The number of likely N-dealkylation sites (tertiary alicyclic amines) is 1. The van der Waals surface area contributed by atoms with Crippen molar-refractivity contribution < 1.29 is 19.1 Å². The van der Waals surface area contributed by atoms with Gasteiger partial charge in [-0.3, -0.25) is 14.5 Å². The van der Waals surface area contributed by atoms with Gasteiger partial charge in [-0.15, -0.1) is 12.4 Å². The Morgan fingerprint density at radius 1 is 1.18 bits per heavy atom. The molecule has 1 atom stereocenters. The average Bonchev–Trinajstić information content (AvgIpc) is 3.41. The summed E-state index contributed by atoms with van der Waals surface area (Å²) in [5.74, 6) is -1.05. The minimum absolute atomic E-state index is 0. The Balaban J connectivity index is 0.00000274. The highest BCUT2D eigenvalue weighted by molar-refractivity contribution is 5.85. The van der Waals surface area contributed by atoms with Crippen LogP contribution in [0.4, 0.5) is 4.39 Å². The van der Waals surface area contributed by atoms with Crippen molar-refractivity contribution in [2.45, 2.75) is 44.8 Å². The number of amides is 1. The number of pyridine rings is 1. The van der Waals surface area contributed by atoms with Crippen LogP contribution in [0.25, 0.3) is 11.0 Å². The molecule has 9 heteroatoms. The van der Waals surface area contributed by atoms with Crippen LogP contribution in [0.15, 0.2) is 42.6 Å². The molecule has 1 N–H and O–H groups in total. The molecular formula is C25H28ClFN4O3. The van der Waals surface area contributed by atoms with Crippen molar-refractivity contribution in [3.05, 3.63) is 65.2 Å². The lowest BCUT2D eigenvalue weighted by Gasteiger charge is -2.30. The maximum Gasteiger partial charge on any atom is 0.320 e.